The normalized spacial score (nSPS) is 11.8. The van der Waals surface area contributed by atoms with E-state index in [9.17, 15) is 13.2 Å². The SMILES string of the molecule is CS(=O)(=O)Cc1c[nH]c2cccc(C(=O)O)c12. The maximum Gasteiger partial charge on any atom is 0.336 e. The molecule has 0 saturated heterocycles. The van der Waals surface area contributed by atoms with Crippen LogP contribution < -0.4 is 0 Å². The van der Waals surface area contributed by atoms with Crippen LogP contribution in [0.3, 0.4) is 0 Å². The van der Waals surface area contributed by atoms with Gasteiger partial charge in [-0.1, -0.05) is 6.07 Å². The molecule has 2 N–H and O–H groups in total. The van der Waals surface area contributed by atoms with Crippen LogP contribution >= 0.6 is 0 Å². The largest absolute Gasteiger partial charge is 0.478 e. The molecule has 0 amide bonds. The van der Waals surface area contributed by atoms with E-state index < -0.39 is 15.8 Å². The minimum absolute atomic E-state index is 0.113. The van der Waals surface area contributed by atoms with Gasteiger partial charge < -0.3 is 10.1 Å². The minimum atomic E-state index is -3.19. The lowest BCUT2D eigenvalue weighted by atomic mass is 10.1. The van der Waals surface area contributed by atoms with Gasteiger partial charge in [-0.05, 0) is 17.7 Å². The molecule has 0 aliphatic carbocycles. The second-order valence-electron chi connectivity index (χ2n) is 3.92. The first-order valence-corrected chi connectivity index (χ1v) is 6.94. The molecule has 0 aliphatic rings. The van der Waals surface area contributed by atoms with Gasteiger partial charge in [0.15, 0.2) is 9.84 Å². The van der Waals surface area contributed by atoms with Crippen molar-refractivity contribution in [3.63, 3.8) is 0 Å². The van der Waals surface area contributed by atoms with Crippen molar-refractivity contribution in [3.05, 3.63) is 35.5 Å². The second kappa shape index (κ2) is 3.89. The van der Waals surface area contributed by atoms with Gasteiger partial charge in [0.05, 0.1) is 11.3 Å². The number of hydrogen-bond acceptors (Lipinski definition) is 3. The average molecular weight is 253 g/mol. The first-order valence-electron chi connectivity index (χ1n) is 4.88. The minimum Gasteiger partial charge on any atom is -0.478 e. The molecular formula is C11H11NO4S. The van der Waals surface area contributed by atoms with Crippen LogP contribution in [-0.2, 0) is 15.6 Å². The van der Waals surface area contributed by atoms with Gasteiger partial charge in [0.1, 0.15) is 0 Å². The number of fused-ring (bicyclic) bond motifs is 1. The molecule has 0 saturated carbocycles. The zero-order chi connectivity index (χ0) is 12.6. The maximum absolute atomic E-state index is 11.3. The number of rotatable bonds is 3. The van der Waals surface area contributed by atoms with Crippen molar-refractivity contribution in [2.45, 2.75) is 5.75 Å². The Bertz CT molecular complexity index is 685. The first kappa shape index (κ1) is 11.7. The van der Waals surface area contributed by atoms with Crippen LogP contribution in [0.2, 0.25) is 0 Å². The predicted molar refractivity (Wildman–Crippen MR) is 63.8 cm³/mol. The third-order valence-electron chi connectivity index (χ3n) is 2.44. The third-order valence-corrected chi connectivity index (χ3v) is 3.27. The molecule has 1 heterocycles. The smallest absolute Gasteiger partial charge is 0.336 e. The molecule has 0 atom stereocenters. The van der Waals surface area contributed by atoms with Crippen molar-refractivity contribution in [3.8, 4) is 0 Å². The zero-order valence-electron chi connectivity index (χ0n) is 9.10. The molecule has 2 rings (SSSR count). The average Bonchev–Trinajstić information content (AvgIpc) is 2.59. The van der Waals surface area contributed by atoms with Crippen molar-refractivity contribution >= 4 is 26.7 Å². The summed E-state index contributed by atoms with van der Waals surface area (Å²) in [6.45, 7) is 0. The highest BCUT2D eigenvalue weighted by Gasteiger charge is 2.16. The van der Waals surface area contributed by atoms with Gasteiger partial charge in [-0.2, -0.15) is 0 Å². The molecule has 0 aliphatic heterocycles. The number of carbonyl (C=O) groups is 1. The van der Waals surface area contributed by atoms with E-state index in [1.54, 1.807) is 12.1 Å². The van der Waals surface area contributed by atoms with Crippen LogP contribution in [0.4, 0.5) is 0 Å². The van der Waals surface area contributed by atoms with E-state index in [1.165, 1.54) is 12.3 Å². The molecule has 5 nitrogen and oxygen atoms in total. The van der Waals surface area contributed by atoms with Crippen molar-refractivity contribution in [1.29, 1.82) is 0 Å². The Kier molecular flexibility index (Phi) is 2.66. The van der Waals surface area contributed by atoms with Gasteiger partial charge in [-0.15, -0.1) is 0 Å². The van der Waals surface area contributed by atoms with Crippen LogP contribution in [0, 0.1) is 0 Å². The summed E-state index contributed by atoms with van der Waals surface area (Å²) in [5, 5.41) is 9.52. The summed E-state index contributed by atoms with van der Waals surface area (Å²) in [6, 6.07) is 4.80. The van der Waals surface area contributed by atoms with E-state index >= 15 is 0 Å². The summed E-state index contributed by atoms with van der Waals surface area (Å²) >= 11 is 0. The van der Waals surface area contributed by atoms with Crippen LogP contribution in [0.5, 0.6) is 0 Å². The summed E-state index contributed by atoms with van der Waals surface area (Å²) in [5.74, 6) is -1.23. The van der Waals surface area contributed by atoms with Crippen LogP contribution in [-0.4, -0.2) is 30.7 Å². The fourth-order valence-electron chi connectivity index (χ4n) is 1.83. The lowest BCUT2D eigenvalue weighted by Gasteiger charge is -2.01. The molecule has 0 unspecified atom stereocenters. The number of sulfone groups is 1. The molecule has 17 heavy (non-hydrogen) atoms. The van der Waals surface area contributed by atoms with E-state index in [-0.39, 0.29) is 11.3 Å². The second-order valence-corrected chi connectivity index (χ2v) is 6.06. The fourth-order valence-corrected chi connectivity index (χ4v) is 2.62. The molecule has 0 fully saturated rings. The Morgan fingerprint density at radius 2 is 2.12 bits per heavy atom. The number of H-pyrrole nitrogens is 1. The number of aromatic nitrogens is 1. The van der Waals surface area contributed by atoms with Crippen molar-refractivity contribution in [2.24, 2.45) is 0 Å². The van der Waals surface area contributed by atoms with Gasteiger partial charge >= 0.3 is 5.97 Å². The molecule has 0 spiro atoms. The van der Waals surface area contributed by atoms with E-state index in [0.29, 0.717) is 16.5 Å². The molecule has 6 heteroatoms. The zero-order valence-corrected chi connectivity index (χ0v) is 9.91. The molecular weight excluding hydrogens is 242 g/mol. The Hall–Kier alpha value is -1.82. The van der Waals surface area contributed by atoms with Gasteiger partial charge in [-0.25, -0.2) is 13.2 Å². The monoisotopic (exact) mass is 253 g/mol. The van der Waals surface area contributed by atoms with Crippen LogP contribution in [0.15, 0.2) is 24.4 Å². The molecule has 2 aromatic rings. The number of hydrogen-bond donors (Lipinski definition) is 2. The number of aromatic amines is 1. The lowest BCUT2D eigenvalue weighted by Crippen LogP contribution is -2.02. The summed E-state index contributed by atoms with van der Waals surface area (Å²) in [6.07, 6.45) is 2.66. The van der Waals surface area contributed by atoms with Crippen LogP contribution in [0.25, 0.3) is 10.9 Å². The highest BCUT2D eigenvalue weighted by Crippen LogP contribution is 2.24. The first-order chi connectivity index (χ1) is 7.88. The fraction of sp³-hybridized carbons (Fsp3) is 0.182. The summed E-state index contributed by atoms with van der Waals surface area (Å²) in [7, 11) is -3.19. The van der Waals surface area contributed by atoms with Crippen LogP contribution in [0.1, 0.15) is 15.9 Å². The number of benzene rings is 1. The number of carboxylic acid groups (broad SMARTS) is 1. The highest BCUT2D eigenvalue weighted by molar-refractivity contribution is 7.89. The predicted octanol–water partition coefficient (Wildman–Crippen LogP) is 1.41. The summed E-state index contributed by atoms with van der Waals surface area (Å²) < 4.78 is 22.5. The Morgan fingerprint density at radius 1 is 1.41 bits per heavy atom. The molecule has 90 valence electrons. The Balaban J connectivity index is 2.70. The topological polar surface area (TPSA) is 87.2 Å². The number of nitrogens with one attached hydrogen (secondary N) is 1. The molecule has 0 bridgehead atoms. The highest BCUT2D eigenvalue weighted by atomic mass is 32.2. The maximum atomic E-state index is 11.3. The van der Waals surface area contributed by atoms with Crippen molar-refractivity contribution in [1.82, 2.24) is 4.98 Å². The number of aromatic carboxylic acids is 1. The lowest BCUT2D eigenvalue weighted by molar-refractivity contribution is 0.0699. The Labute approximate surface area is 98.0 Å². The van der Waals surface area contributed by atoms with E-state index in [0.717, 1.165) is 6.26 Å². The molecule has 1 aromatic heterocycles. The van der Waals surface area contributed by atoms with E-state index in [4.69, 9.17) is 5.11 Å². The van der Waals surface area contributed by atoms with Crippen molar-refractivity contribution < 1.29 is 18.3 Å². The molecule has 1 aromatic carbocycles. The van der Waals surface area contributed by atoms with E-state index in [2.05, 4.69) is 4.98 Å². The van der Waals surface area contributed by atoms with Gasteiger partial charge in [0, 0.05) is 23.4 Å². The summed E-state index contributed by atoms with van der Waals surface area (Å²) in [5.41, 5.74) is 1.23. The van der Waals surface area contributed by atoms with Gasteiger partial charge in [-0.3, -0.25) is 0 Å². The van der Waals surface area contributed by atoms with Crippen molar-refractivity contribution in [2.75, 3.05) is 6.26 Å². The number of carboxylic acids is 1. The van der Waals surface area contributed by atoms with Gasteiger partial charge in [0.25, 0.3) is 0 Å². The van der Waals surface area contributed by atoms with Gasteiger partial charge in [0.2, 0.25) is 0 Å². The van der Waals surface area contributed by atoms with E-state index in [1.807, 2.05) is 0 Å². The third kappa shape index (κ3) is 2.31. The molecule has 0 radical (unpaired) electrons. The summed E-state index contributed by atoms with van der Waals surface area (Å²) in [4.78, 5) is 13.9. The standard InChI is InChI=1S/C11H11NO4S/c1-17(15,16)6-7-5-12-9-4-2-3-8(10(7)9)11(13)14/h2-5,12H,6H2,1H3,(H,13,14). The quantitative estimate of drug-likeness (QED) is 0.865. The Morgan fingerprint density at radius 3 is 2.71 bits per heavy atom.